The van der Waals surface area contributed by atoms with Gasteiger partial charge in [-0.25, -0.2) is 13.7 Å². The standard InChI is InChI=1S/C23H22FN5O2.C2HF3O2/c1-15-19(8-11-31-15)23(30)28-10-9-27(2)21(14-28)22-20-7-6-17(13-29(20)26-25-22)16-4-3-5-18(24)12-16;3-2(4,5)1(6)7/h3-8,11-13,21H,9-10,14H2,1-2H3;(H,6,7). The zero-order chi connectivity index (χ0) is 27.6. The molecule has 0 radical (unpaired) electrons. The number of pyridine rings is 1. The molecule has 1 amide bonds. The van der Waals surface area contributed by atoms with E-state index in [0.717, 1.165) is 28.9 Å². The van der Waals surface area contributed by atoms with Crippen LogP contribution in [0.4, 0.5) is 17.6 Å². The number of aliphatic carboxylic acids is 1. The number of amides is 1. The summed E-state index contributed by atoms with van der Waals surface area (Å²) in [6.07, 6.45) is -1.69. The number of alkyl halides is 3. The number of carbonyl (C=O) groups is 2. The number of aryl methyl sites for hydroxylation is 1. The lowest BCUT2D eigenvalue weighted by Gasteiger charge is -2.38. The van der Waals surface area contributed by atoms with Crippen LogP contribution in [-0.4, -0.2) is 74.5 Å². The van der Waals surface area contributed by atoms with E-state index in [1.807, 2.05) is 36.3 Å². The molecule has 1 fully saturated rings. The van der Waals surface area contributed by atoms with Crippen LogP contribution in [0.3, 0.4) is 0 Å². The number of hydrogen-bond donors (Lipinski definition) is 1. The third kappa shape index (κ3) is 5.67. The first-order valence-corrected chi connectivity index (χ1v) is 11.4. The highest BCUT2D eigenvalue weighted by molar-refractivity contribution is 5.95. The molecule has 0 saturated carbocycles. The van der Waals surface area contributed by atoms with Gasteiger partial charge in [0.15, 0.2) is 0 Å². The van der Waals surface area contributed by atoms with Gasteiger partial charge in [-0.1, -0.05) is 23.4 Å². The van der Waals surface area contributed by atoms with E-state index < -0.39 is 12.1 Å². The lowest BCUT2D eigenvalue weighted by atomic mass is 10.0. The Bertz CT molecular complexity index is 1470. The molecule has 38 heavy (non-hydrogen) atoms. The van der Waals surface area contributed by atoms with Crippen molar-refractivity contribution < 1.29 is 36.7 Å². The quantitative estimate of drug-likeness (QED) is 0.394. The summed E-state index contributed by atoms with van der Waals surface area (Å²) in [5.74, 6) is -2.44. The molecule has 1 atom stereocenters. The Hall–Kier alpha value is -4.26. The van der Waals surface area contributed by atoms with Gasteiger partial charge in [0.25, 0.3) is 5.91 Å². The van der Waals surface area contributed by atoms with Crippen molar-refractivity contribution >= 4 is 17.4 Å². The van der Waals surface area contributed by atoms with Crippen molar-refractivity contribution in [3.05, 3.63) is 77.8 Å². The van der Waals surface area contributed by atoms with Crippen LogP contribution in [0.15, 0.2) is 59.3 Å². The molecule has 1 N–H and O–H groups in total. The second kappa shape index (κ2) is 10.6. The van der Waals surface area contributed by atoms with Gasteiger partial charge < -0.3 is 14.4 Å². The van der Waals surface area contributed by atoms with Crippen molar-refractivity contribution in [1.29, 1.82) is 0 Å². The van der Waals surface area contributed by atoms with Crippen molar-refractivity contribution in [2.24, 2.45) is 0 Å². The van der Waals surface area contributed by atoms with Crippen molar-refractivity contribution in [3.8, 4) is 11.1 Å². The fourth-order valence-corrected chi connectivity index (χ4v) is 4.12. The summed E-state index contributed by atoms with van der Waals surface area (Å²) in [4.78, 5) is 25.9. The fraction of sp³-hybridized carbons (Fsp3) is 0.280. The normalized spacial score (nSPS) is 16.3. The third-order valence-corrected chi connectivity index (χ3v) is 6.18. The van der Waals surface area contributed by atoms with E-state index in [2.05, 4.69) is 15.2 Å². The highest BCUT2D eigenvalue weighted by atomic mass is 19.4. The number of fused-ring (bicyclic) bond motifs is 1. The highest BCUT2D eigenvalue weighted by Crippen LogP contribution is 2.29. The SMILES string of the molecule is Cc1occc1C(=O)N1CCN(C)C(c2nnn3cc(-c4cccc(F)c4)ccc23)C1.O=C(O)C(F)(F)F. The lowest BCUT2D eigenvalue weighted by molar-refractivity contribution is -0.192. The second-order valence-electron chi connectivity index (χ2n) is 8.67. The number of carbonyl (C=O) groups excluding carboxylic acids is 1. The molecule has 0 aliphatic carbocycles. The van der Waals surface area contributed by atoms with E-state index in [0.29, 0.717) is 24.4 Å². The molecule has 1 aliphatic rings. The summed E-state index contributed by atoms with van der Waals surface area (Å²) in [6, 6.07) is 12.0. The number of nitrogens with zero attached hydrogens (tertiary/aromatic N) is 5. The van der Waals surface area contributed by atoms with Crippen LogP contribution in [0.1, 0.15) is 27.9 Å². The first-order valence-electron chi connectivity index (χ1n) is 11.4. The summed E-state index contributed by atoms with van der Waals surface area (Å²) in [7, 11) is 2.03. The first-order chi connectivity index (χ1) is 18.0. The van der Waals surface area contributed by atoms with Crippen molar-refractivity contribution in [2.75, 3.05) is 26.7 Å². The molecule has 13 heteroatoms. The maximum absolute atomic E-state index is 13.6. The van der Waals surface area contributed by atoms with Crippen molar-refractivity contribution in [2.45, 2.75) is 19.1 Å². The van der Waals surface area contributed by atoms with Crippen LogP contribution in [0, 0.1) is 12.7 Å². The first kappa shape index (κ1) is 26.8. The molecular weight excluding hydrogens is 510 g/mol. The number of rotatable bonds is 3. The van der Waals surface area contributed by atoms with Gasteiger partial charge in [0.05, 0.1) is 23.4 Å². The number of aromatic nitrogens is 3. The summed E-state index contributed by atoms with van der Waals surface area (Å²) in [5.41, 5.74) is 3.91. The van der Waals surface area contributed by atoms with Crippen LogP contribution in [0.2, 0.25) is 0 Å². The van der Waals surface area contributed by atoms with Crippen LogP contribution in [0.25, 0.3) is 16.6 Å². The molecular formula is C25H23F4N5O4. The van der Waals surface area contributed by atoms with Gasteiger partial charge in [-0.05, 0) is 43.8 Å². The largest absolute Gasteiger partial charge is 0.490 e. The number of carboxylic acid groups (broad SMARTS) is 1. The van der Waals surface area contributed by atoms with Crippen molar-refractivity contribution in [1.82, 2.24) is 24.6 Å². The number of likely N-dealkylation sites (N-methyl/N-ethyl adjacent to an activating group) is 1. The molecule has 0 spiro atoms. The number of furan rings is 1. The van der Waals surface area contributed by atoms with E-state index in [-0.39, 0.29) is 17.8 Å². The Morgan fingerprint density at radius 2 is 1.84 bits per heavy atom. The molecule has 3 aromatic heterocycles. The average molecular weight is 533 g/mol. The molecule has 200 valence electrons. The minimum absolute atomic E-state index is 0.0331. The van der Waals surface area contributed by atoms with E-state index in [4.69, 9.17) is 14.3 Å². The van der Waals surface area contributed by atoms with E-state index in [9.17, 15) is 22.4 Å². The Kier molecular flexibility index (Phi) is 7.49. The highest BCUT2D eigenvalue weighted by Gasteiger charge is 2.38. The number of piperazine rings is 1. The molecule has 9 nitrogen and oxygen atoms in total. The topological polar surface area (TPSA) is 104 Å². The molecule has 1 unspecified atom stereocenters. The summed E-state index contributed by atoms with van der Waals surface area (Å²) in [5, 5.41) is 15.9. The van der Waals surface area contributed by atoms with Gasteiger partial charge in [0, 0.05) is 31.4 Å². The van der Waals surface area contributed by atoms with Crippen LogP contribution < -0.4 is 0 Å². The second-order valence-corrected chi connectivity index (χ2v) is 8.67. The van der Waals surface area contributed by atoms with Gasteiger partial charge in [0.2, 0.25) is 0 Å². The Morgan fingerprint density at radius 3 is 2.47 bits per heavy atom. The maximum atomic E-state index is 13.6. The third-order valence-electron chi connectivity index (χ3n) is 6.18. The predicted molar refractivity (Wildman–Crippen MR) is 127 cm³/mol. The summed E-state index contributed by atoms with van der Waals surface area (Å²) >= 11 is 0. The fourth-order valence-electron chi connectivity index (χ4n) is 4.12. The van der Waals surface area contributed by atoms with Gasteiger partial charge in [-0.2, -0.15) is 13.2 Å². The number of halogens is 4. The smallest absolute Gasteiger partial charge is 0.475 e. The van der Waals surface area contributed by atoms with Crippen LogP contribution >= 0.6 is 0 Å². The average Bonchev–Trinajstić information content (AvgIpc) is 3.49. The maximum Gasteiger partial charge on any atom is 0.490 e. The lowest BCUT2D eigenvalue weighted by Crippen LogP contribution is -2.49. The minimum Gasteiger partial charge on any atom is -0.475 e. The van der Waals surface area contributed by atoms with Gasteiger partial charge in [0.1, 0.15) is 17.3 Å². The molecule has 1 aliphatic heterocycles. The van der Waals surface area contributed by atoms with Crippen LogP contribution in [0.5, 0.6) is 0 Å². The Morgan fingerprint density at radius 1 is 1.11 bits per heavy atom. The molecule has 0 bridgehead atoms. The molecule has 4 heterocycles. The zero-order valence-corrected chi connectivity index (χ0v) is 20.3. The monoisotopic (exact) mass is 533 g/mol. The van der Waals surface area contributed by atoms with Crippen molar-refractivity contribution in [3.63, 3.8) is 0 Å². The zero-order valence-electron chi connectivity index (χ0n) is 20.3. The molecule has 4 aromatic rings. The minimum atomic E-state index is -5.08. The predicted octanol–water partition coefficient (Wildman–Crippen LogP) is 4.20. The summed E-state index contributed by atoms with van der Waals surface area (Å²) < 4.78 is 52.4. The number of carboxylic acids is 1. The van der Waals surface area contributed by atoms with Gasteiger partial charge >= 0.3 is 12.1 Å². The van der Waals surface area contributed by atoms with E-state index in [1.165, 1.54) is 12.1 Å². The molecule has 1 aromatic carbocycles. The van der Waals surface area contributed by atoms with Gasteiger partial charge in [-0.15, -0.1) is 5.10 Å². The Balaban J connectivity index is 0.000000426. The number of hydrogen-bond acceptors (Lipinski definition) is 6. The van der Waals surface area contributed by atoms with Crippen LogP contribution in [-0.2, 0) is 4.79 Å². The van der Waals surface area contributed by atoms with Gasteiger partial charge in [-0.3, -0.25) is 9.69 Å². The van der Waals surface area contributed by atoms with E-state index in [1.54, 1.807) is 29.8 Å². The molecule has 5 rings (SSSR count). The Labute approximate surface area is 213 Å². The van der Waals surface area contributed by atoms with E-state index >= 15 is 0 Å². The molecule has 1 saturated heterocycles. The number of benzene rings is 1. The summed E-state index contributed by atoms with van der Waals surface area (Å²) in [6.45, 7) is 3.68.